The van der Waals surface area contributed by atoms with Crippen molar-refractivity contribution in [3.8, 4) is 5.75 Å². The van der Waals surface area contributed by atoms with Gasteiger partial charge in [-0.05, 0) is 24.5 Å². The van der Waals surface area contributed by atoms with Crippen LogP contribution in [0, 0.1) is 0 Å². The van der Waals surface area contributed by atoms with Crippen LogP contribution in [-0.2, 0) is 5.41 Å². The highest BCUT2D eigenvalue weighted by Gasteiger charge is 2.46. The molecule has 0 bridgehead atoms. The highest BCUT2D eigenvalue weighted by atomic mass is 127. The molecule has 0 aromatic heterocycles. The molecule has 1 atom stereocenters. The van der Waals surface area contributed by atoms with Crippen molar-refractivity contribution in [2.75, 3.05) is 33.9 Å². The summed E-state index contributed by atoms with van der Waals surface area (Å²) in [4.78, 5) is 4.34. The maximum Gasteiger partial charge on any atom is 0.191 e. The Hall–Kier alpha value is -1.80. The molecular formula is C22H30IN3O2. The van der Waals surface area contributed by atoms with E-state index in [-0.39, 0.29) is 41.9 Å². The molecule has 0 heterocycles. The first-order valence-corrected chi connectivity index (χ1v) is 9.46. The van der Waals surface area contributed by atoms with Gasteiger partial charge in [0.1, 0.15) is 5.75 Å². The van der Waals surface area contributed by atoms with Crippen LogP contribution >= 0.6 is 24.0 Å². The van der Waals surface area contributed by atoms with E-state index >= 15 is 0 Å². The number of aliphatic hydroxyl groups is 1. The van der Waals surface area contributed by atoms with E-state index < -0.39 is 0 Å². The number of hydrogen-bond acceptors (Lipinski definition) is 3. The SMILES string of the molecule is CN=C(NCC(CO)c1ccccc1)NCC1(c2ccccc2OC)CC1.I. The number of benzene rings is 2. The smallest absolute Gasteiger partial charge is 0.191 e. The first kappa shape index (κ1) is 22.5. The summed E-state index contributed by atoms with van der Waals surface area (Å²) in [6.45, 7) is 1.53. The van der Waals surface area contributed by atoms with Gasteiger partial charge in [-0.15, -0.1) is 24.0 Å². The van der Waals surface area contributed by atoms with Gasteiger partial charge < -0.3 is 20.5 Å². The monoisotopic (exact) mass is 495 g/mol. The summed E-state index contributed by atoms with van der Waals surface area (Å²) in [5, 5.41) is 16.5. The van der Waals surface area contributed by atoms with Gasteiger partial charge in [-0.2, -0.15) is 0 Å². The first-order valence-electron chi connectivity index (χ1n) is 9.46. The molecule has 1 saturated carbocycles. The minimum Gasteiger partial charge on any atom is -0.496 e. The van der Waals surface area contributed by atoms with Gasteiger partial charge in [0.2, 0.25) is 0 Å². The third-order valence-electron chi connectivity index (χ3n) is 5.36. The van der Waals surface area contributed by atoms with Crippen molar-refractivity contribution in [2.24, 2.45) is 4.99 Å². The maximum atomic E-state index is 9.73. The van der Waals surface area contributed by atoms with Gasteiger partial charge in [-0.1, -0.05) is 48.5 Å². The minimum absolute atomic E-state index is 0. The van der Waals surface area contributed by atoms with Gasteiger partial charge in [0, 0.05) is 37.0 Å². The number of nitrogens with zero attached hydrogens (tertiary/aromatic N) is 1. The van der Waals surface area contributed by atoms with Gasteiger partial charge in [-0.3, -0.25) is 4.99 Å². The second-order valence-corrected chi connectivity index (χ2v) is 7.08. The van der Waals surface area contributed by atoms with Gasteiger partial charge >= 0.3 is 0 Å². The van der Waals surface area contributed by atoms with E-state index in [1.165, 1.54) is 5.56 Å². The van der Waals surface area contributed by atoms with Crippen LogP contribution < -0.4 is 15.4 Å². The van der Waals surface area contributed by atoms with E-state index in [1.807, 2.05) is 42.5 Å². The molecule has 152 valence electrons. The van der Waals surface area contributed by atoms with Gasteiger partial charge in [-0.25, -0.2) is 0 Å². The third kappa shape index (κ3) is 5.38. The minimum atomic E-state index is 0. The third-order valence-corrected chi connectivity index (χ3v) is 5.36. The number of methoxy groups -OCH3 is 1. The van der Waals surface area contributed by atoms with Gasteiger partial charge in [0.25, 0.3) is 0 Å². The van der Waals surface area contributed by atoms with E-state index in [0.29, 0.717) is 6.54 Å². The Labute approximate surface area is 184 Å². The Bertz CT molecular complexity index is 763. The molecule has 0 amide bonds. The van der Waals surface area contributed by atoms with E-state index in [0.717, 1.165) is 36.7 Å². The standard InChI is InChI=1S/C22H29N3O2.HI/c1-23-21(24-14-18(15-26)17-8-4-3-5-9-17)25-16-22(12-13-22)19-10-6-7-11-20(19)27-2;/h3-11,18,26H,12-16H2,1-2H3,(H2,23,24,25);1H. The first-order chi connectivity index (χ1) is 13.2. The van der Waals surface area contributed by atoms with Crippen LogP contribution in [0.25, 0.3) is 0 Å². The number of hydrogen-bond donors (Lipinski definition) is 3. The summed E-state index contributed by atoms with van der Waals surface area (Å²) in [7, 11) is 3.50. The number of aliphatic hydroxyl groups excluding tert-OH is 1. The summed E-state index contributed by atoms with van der Waals surface area (Å²) in [5.41, 5.74) is 2.49. The number of nitrogens with one attached hydrogen (secondary N) is 2. The van der Waals surface area contributed by atoms with Crippen LogP contribution in [0.2, 0.25) is 0 Å². The Morgan fingerprint density at radius 1 is 1.11 bits per heavy atom. The number of aliphatic imine (C=N–C) groups is 1. The van der Waals surface area contributed by atoms with Crippen LogP contribution in [0.5, 0.6) is 5.75 Å². The number of rotatable bonds is 8. The van der Waals surface area contributed by atoms with Crippen molar-refractivity contribution in [3.05, 3.63) is 65.7 Å². The van der Waals surface area contributed by atoms with E-state index in [1.54, 1.807) is 14.2 Å². The molecule has 1 aliphatic carbocycles. The van der Waals surface area contributed by atoms with Crippen molar-refractivity contribution < 1.29 is 9.84 Å². The molecule has 28 heavy (non-hydrogen) atoms. The molecule has 0 saturated heterocycles. The predicted octanol–water partition coefficient (Wildman–Crippen LogP) is 3.29. The van der Waals surface area contributed by atoms with Crippen LogP contribution in [-0.4, -0.2) is 44.9 Å². The summed E-state index contributed by atoms with van der Waals surface area (Å²) in [6.07, 6.45) is 2.28. The van der Waals surface area contributed by atoms with Gasteiger partial charge in [0.05, 0.1) is 13.7 Å². The van der Waals surface area contributed by atoms with Gasteiger partial charge in [0.15, 0.2) is 5.96 Å². The fraction of sp³-hybridized carbons (Fsp3) is 0.409. The number of halogens is 1. The number of para-hydroxylation sites is 1. The lowest BCUT2D eigenvalue weighted by molar-refractivity contribution is 0.265. The second-order valence-electron chi connectivity index (χ2n) is 7.08. The van der Waals surface area contributed by atoms with Crippen molar-refractivity contribution in [1.29, 1.82) is 0 Å². The zero-order valence-corrected chi connectivity index (χ0v) is 18.9. The normalized spacial score (nSPS) is 15.9. The van der Waals surface area contributed by atoms with E-state index in [2.05, 4.69) is 27.8 Å². The quantitative estimate of drug-likeness (QED) is 0.299. The van der Waals surface area contributed by atoms with Crippen LogP contribution in [0.3, 0.4) is 0 Å². The Kier molecular flexibility index (Phi) is 8.57. The van der Waals surface area contributed by atoms with E-state index in [4.69, 9.17) is 4.74 Å². The summed E-state index contributed by atoms with van der Waals surface area (Å²) < 4.78 is 5.55. The molecule has 0 radical (unpaired) electrons. The van der Waals surface area contributed by atoms with E-state index in [9.17, 15) is 5.11 Å². The fourth-order valence-corrected chi connectivity index (χ4v) is 3.48. The Morgan fingerprint density at radius 2 is 1.79 bits per heavy atom. The molecular weight excluding hydrogens is 465 g/mol. The molecule has 3 rings (SSSR count). The average molecular weight is 495 g/mol. The molecule has 1 unspecified atom stereocenters. The van der Waals surface area contributed by atoms with Crippen molar-refractivity contribution >= 4 is 29.9 Å². The van der Waals surface area contributed by atoms with Crippen LogP contribution in [0.4, 0.5) is 0 Å². The van der Waals surface area contributed by atoms with Crippen LogP contribution in [0.15, 0.2) is 59.6 Å². The fourth-order valence-electron chi connectivity index (χ4n) is 3.48. The lowest BCUT2D eigenvalue weighted by Crippen LogP contribution is -2.43. The molecule has 5 nitrogen and oxygen atoms in total. The Balaban J connectivity index is 0.00000280. The number of ether oxygens (including phenoxy) is 1. The molecule has 1 fully saturated rings. The highest BCUT2D eigenvalue weighted by molar-refractivity contribution is 14.0. The molecule has 3 N–H and O–H groups in total. The zero-order chi connectivity index (χ0) is 19.1. The lowest BCUT2D eigenvalue weighted by Gasteiger charge is -2.22. The largest absolute Gasteiger partial charge is 0.496 e. The molecule has 2 aromatic carbocycles. The predicted molar refractivity (Wildman–Crippen MR) is 125 cm³/mol. The Morgan fingerprint density at radius 3 is 2.39 bits per heavy atom. The summed E-state index contributed by atoms with van der Waals surface area (Å²) in [5.74, 6) is 1.74. The molecule has 6 heteroatoms. The molecule has 0 spiro atoms. The molecule has 2 aromatic rings. The average Bonchev–Trinajstić information content (AvgIpc) is 3.52. The second kappa shape index (κ2) is 10.7. The van der Waals surface area contributed by atoms with Crippen molar-refractivity contribution in [3.63, 3.8) is 0 Å². The van der Waals surface area contributed by atoms with Crippen molar-refractivity contribution in [1.82, 2.24) is 10.6 Å². The summed E-state index contributed by atoms with van der Waals surface area (Å²) in [6, 6.07) is 18.3. The molecule has 0 aliphatic heterocycles. The maximum absolute atomic E-state index is 9.73. The van der Waals surface area contributed by atoms with Crippen LogP contribution in [0.1, 0.15) is 29.9 Å². The molecule has 1 aliphatic rings. The number of guanidine groups is 1. The van der Waals surface area contributed by atoms with Crippen molar-refractivity contribution in [2.45, 2.75) is 24.2 Å². The summed E-state index contributed by atoms with van der Waals surface area (Å²) >= 11 is 0. The highest BCUT2D eigenvalue weighted by Crippen LogP contribution is 2.50. The lowest BCUT2D eigenvalue weighted by atomic mass is 9.95. The topological polar surface area (TPSA) is 65.9 Å². The zero-order valence-electron chi connectivity index (χ0n) is 16.5.